The number of allylic oxidation sites excluding steroid dienone is 2. The van der Waals surface area contributed by atoms with E-state index in [-0.39, 0.29) is 0 Å². The molecule has 0 aromatic carbocycles. The Kier molecular flexibility index (Phi) is 1.28. The zero-order chi connectivity index (χ0) is 7.68. The van der Waals surface area contributed by atoms with Gasteiger partial charge in [0.15, 0.2) is 6.29 Å². The lowest BCUT2D eigenvalue weighted by Crippen LogP contribution is -2.12. The van der Waals surface area contributed by atoms with Crippen LogP contribution < -0.4 is 5.32 Å². The van der Waals surface area contributed by atoms with E-state index in [2.05, 4.69) is 5.32 Å². The molecule has 0 bridgehead atoms. The number of nitrogens with one attached hydrogen (secondary N) is 1. The van der Waals surface area contributed by atoms with E-state index in [4.69, 9.17) is 4.74 Å². The summed E-state index contributed by atoms with van der Waals surface area (Å²) in [4.78, 5) is 10.3. The molecule has 0 radical (unpaired) electrons. The Labute approximate surface area is 64.0 Å². The number of carbonyl (C=O) groups excluding carboxylic acids is 1. The van der Waals surface area contributed by atoms with E-state index in [1.54, 1.807) is 18.5 Å². The second-order valence-electron chi connectivity index (χ2n) is 2.42. The van der Waals surface area contributed by atoms with Crippen molar-refractivity contribution in [3.63, 3.8) is 0 Å². The second-order valence-corrected chi connectivity index (χ2v) is 2.42. The maximum absolute atomic E-state index is 10.3. The third-order valence-corrected chi connectivity index (χ3v) is 1.67. The number of rotatable bonds is 1. The molecule has 11 heavy (non-hydrogen) atoms. The highest BCUT2D eigenvalue weighted by Crippen LogP contribution is 2.21. The van der Waals surface area contributed by atoms with Gasteiger partial charge in [-0.2, -0.15) is 0 Å². The Hall–Kier alpha value is -1.51. The molecule has 0 unspecified atom stereocenters. The van der Waals surface area contributed by atoms with Crippen LogP contribution in [0, 0.1) is 0 Å². The maximum atomic E-state index is 10.3. The van der Waals surface area contributed by atoms with Crippen LogP contribution in [0.2, 0.25) is 0 Å². The normalized spacial score (nSPS) is 20.2. The minimum atomic E-state index is 0.575. The molecule has 3 heteroatoms. The van der Waals surface area contributed by atoms with Gasteiger partial charge >= 0.3 is 0 Å². The fourth-order valence-electron chi connectivity index (χ4n) is 1.08. The van der Waals surface area contributed by atoms with Crippen LogP contribution in [0.5, 0.6) is 0 Å². The number of carbonyl (C=O) groups is 1. The summed E-state index contributed by atoms with van der Waals surface area (Å²) in [5.41, 5.74) is 2.66. The molecule has 0 atom stereocenters. The largest absolute Gasteiger partial charge is 0.496 e. The minimum Gasteiger partial charge on any atom is -0.496 e. The number of aldehydes is 1. The summed E-state index contributed by atoms with van der Waals surface area (Å²) in [7, 11) is 0. The highest BCUT2D eigenvalue weighted by molar-refractivity contribution is 5.75. The predicted octanol–water partition coefficient (Wildman–Crippen LogP) is 0.470. The molecule has 2 aliphatic rings. The van der Waals surface area contributed by atoms with E-state index in [0.29, 0.717) is 12.3 Å². The van der Waals surface area contributed by atoms with Gasteiger partial charge in [0.05, 0.1) is 12.0 Å². The van der Waals surface area contributed by atoms with Crippen molar-refractivity contribution >= 4 is 6.29 Å². The van der Waals surface area contributed by atoms with E-state index in [9.17, 15) is 4.79 Å². The third kappa shape index (κ3) is 0.941. The summed E-state index contributed by atoms with van der Waals surface area (Å²) < 4.78 is 5.05. The van der Waals surface area contributed by atoms with Gasteiger partial charge in [-0.1, -0.05) is 0 Å². The van der Waals surface area contributed by atoms with E-state index in [1.165, 1.54) is 0 Å². The molecule has 2 aliphatic heterocycles. The first-order valence-electron chi connectivity index (χ1n) is 3.35. The van der Waals surface area contributed by atoms with Crippen LogP contribution in [0.3, 0.4) is 0 Å². The van der Waals surface area contributed by atoms with Crippen LogP contribution >= 0.6 is 0 Å². The monoisotopic (exact) mass is 149 g/mol. The van der Waals surface area contributed by atoms with Gasteiger partial charge in [-0.05, 0) is 6.08 Å². The van der Waals surface area contributed by atoms with Crippen molar-refractivity contribution in [2.24, 2.45) is 0 Å². The standard InChI is InChI=1S/C8H7NO2/c10-3-8-1-6-4-11-5-7(6)2-9-8/h1-4,9H,5H2. The van der Waals surface area contributed by atoms with Gasteiger partial charge in [-0.25, -0.2) is 0 Å². The molecule has 56 valence electrons. The highest BCUT2D eigenvalue weighted by Gasteiger charge is 2.14. The fourth-order valence-corrected chi connectivity index (χ4v) is 1.08. The van der Waals surface area contributed by atoms with Crippen LogP contribution in [0.1, 0.15) is 0 Å². The zero-order valence-electron chi connectivity index (χ0n) is 5.83. The third-order valence-electron chi connectivity index (χ3n) is 1.67. The molecule has 0 saturated heterocycles. The Bertz CT molecular complexity index is 286. The lowest BCUT2D eigenvalue weighted by atomic mass is 10.1. The number of hydrogen-bond donors (Lipinski definition) is 1. The summed E-state index contributed by atoms with van der Waals surface area (Å²) in [6.07, 6.45) is 6.01. The van der Waals surface area contributed by atoms with Gasteiger partial charge in [0, 0.05) is 17.3 Å². The molecule has 1 N–H and O–H groups in total. The molecule has 0 aliphatic carbocycles. The first kappa shape index (κ1) is 6.22. The molecule has 0 aromatic heterocycles. The molecule has 2 heterocycles. The number of dihydropyridines is 1. The molecule has 0 fully saturated rings. The lowest BCUT2D eigenvalue weighted by Gasteiger charge is -2.07. The average molecular weight is 149 g/mol. The molecule has 3 nitrogen and oxygen atoms in total. The highest BCUT2D eigenvalue weighted by atomic mass is 16.5. The van der Waals surface area contributed by atoms with Crippen LogP contribution in [-0.2, 0) is 9.53 Å². The van der Waals surface area contributed by atoms with Crippen LogP contribution in [0.25, 0.3) is 0 Å². The Morgan fingerprint density at radius 3 is 3.36 bits per heavy atom. The molecule has 0 amide bonds. The summed E-state index contributed by atoms with van der Waals surface area (Å²) in [6, 6.07) is 0. The lowest BCUT2D eigenvalue weighted by molar-refractivity contribution is -0.105. The van der Waals surface area contributed by atoms with Gasteiger partial charge < -0.3 is 10.1 Å². The van der Waals surface area contributed by atoms with Crippen molar-refractivity contribution in [3.05, 3.63) is 35.4 Å². The predicted molar refractivity (Wildman–Crippen MR) is 39.4 cm³/mol. The van der Waals surface area contributed by atoms with Crippen molar-refractivity contribution in [2.75, 3.05) is 6.61 Å². The van der Waals surface area contributed by atoms with Gasteiger partial charge in [0.2, 0.25) is 0 Å². The van der Waals surface area contributed by atoms with Crippen molar-refractivity contribution < 1.29 is 9.53 Å². The summed E-state index contributed by atoms with van der Waals surface area (Å²) in [5, 5.41) is 2.85. The smallest absolute Gasteiger partial charge is 0.166 e. The van der Waals surface area contributed by atoms with E-state index < -0.39 is 0 Å². The SMILES string of the molecule is O=CC1=CC2=COCC2=CN1. The van der Waals surface area contributed by atoms with Crippen molar-refractivity contribution in [2.45, 2.75) is 0 Å². The summed E-state index contributed by atoms with van der Waals surface area (Å²) >= 11 is 0. The molecule has 0 saturated carbocycles. The van der Waals surface area contributed by atoms with E-state index >= 15 is 0 Å². The molecule has 2 rings (SSSR count). The molecule has 0 spiro atoms. The Balaban J connectivity index is 2.32. The maximum Gasteiger partial charge on any atom is 0.166 e. The van der Waals surface area contributed by atoms with Gasteiger partial charge in [0.25, 0.3) is 0 Å². The van der Waals surface area contributed by atoms with Gasteiger partial charge in [-0.3, -0.25) is 4.79 Å². The van der Waals surface area contributed by atoms with Gasteiger partial charge in [0.1, 0.15) is 6.61 Å². The fraction of sp³-hybridized carbons (Fsp3) is 0.125. The quantitative estimate of drug-likeness (QED) is 0.551. The number of hydrogen-bond acceptors (Lipinski definition) is 3. The second kappa shape index (κ2) is 2.27. The van der Waals surface area contributed by atoms with Crippen molar-refractivity contribution in [3.8, 4) is 0 Å². The molecular formula is C8H7NO2. The van der Waals surface area contributed by atoms with Crippen LogP contribution in [0.15, 0.2) is 35.4 Å². The van der Waals surface area contributed by atoms with Crippen molar-refractivity contribution in [1.29, 1.82) is 0 Å². The molecule has 0 aromatic rings. The van der Waals surface area contributed by atoms with E-state index in [0.717, 1.165) is 17.4 Å². The van der Waals surface area contributed by atoms with Gasteiger partial charge in [-0.15, -0.1) is 0 Å². The van der Waals surface area contributed by atoms with Crippen LogP contribution in [0.4, 0.5) is 0 Å². The van der Waals surface area contributed by atoms with E-state index in [1.807, 2.05) is 0 Å². The number of ether oxygens (including phenoxy) is 1. The average Bonchev–Trinajstić information content (AvgIpc) is 2.50. The Morgan fingerprint density at radius 1 is 1.64 bits per heavy atom. The van der Waals surface area contributed by atoms with Crippen molar-refractivity contribution in [1.82, 2.24) is 5.32 Å². The topological polar surface area (TPSA) is 38.3 Å². The number of fused-ring (bicyclic) bond motifs is 1. The summed E-state index contributed by atoms with van der Waals surface area (Å²) in [5.74, 6) is 0. The first-order valence-corrected chi connectivity index (χ1v) is 3.35. The minimum absolute atomic E-state index is 0.575. The first-order chi connectivity index (χ1) is 5.40. The van der Waals surface area contributed by atoms with Crippen LogP contribution in [-0.4, -0.2) is 12.9 Å². The zero-order valence-corrected chi connectivity index (χ0v) is 5.83. The summed E-state index contributed by atoms with van der Waals surface area (Å²) in [6.45, 7) is 0.602. The Morgan fingerprint density at radius 2 is 2.55 bits per heavy atom. The molecular weight excluding hydrogens is 142 g/mol.